The van der Waals surface area contributed by atoms with Gasteiger partial charge in [-0.25, -0.2) is 0 Å². The first-order valence-electron chi connectivity index (χ1n) is 9.64. The molecule has 2 aliphatic rings. The summed E-state index contributed by atoms with van der Waals surface area (Å²) in [6.45, 7) is 3.24. The Bertz CT molecular complexity index is 799. The van der Waals surface area contributed by atoms with Crippen molar-refractivity contribution < 1.29 is 9.59 Å². The Morgan fingerprint density at radius 2 is 1.85 bits per heavy atom. The number of hydrogen-bond donors (Lipinski definition) is 0. The minimum absolute atomic E-state index is 0.0412. The van der Waals surface area contributed by atoms with Gasteiger partial charge in [-0.2, -0.15) is 0 Å². The first-order valence-corrected chi connectivity index (χ1v) is 9.64. The number of hydrogen-bond acceptors (Lipinski definition) is 4. The van der Waals surface area contributed by atoms with Crippen LogP contribution >= 0.6 is 0 Å². The van der Waals surface area contributed by atoms with Crippen molar-refractivity contribution in [2.24, 2.45) is 5.92 Å². The van der Waals surface area contributed by atoms with E-state index >= 15 is 0 Å². The molecule has 2 aromatic rings. The quantitative estimate of drug-likeness (QED) is 0.836. The lowest BCUT2D eigenvalue weighted by Crippen LogP contribution is -2.41. The number of likely N-dealkylation sites (tertiary alicyclic amines) is 2. The van der Waals surface area contributed by atoms with Crippen LogP contribution in [-0.4, -0.2) is 57.8 Å². The molecule has 6 nitrogen and oxygen atoms in total. The first-order chi connectivity index (χ1) is 13.2. The average molecular weight is 364 g/mol. The van der Waals surface area contributed by atoms with Crippen LogP contribution in [0.4, 0.5) is 0 Å². The van der Waals surface area contributed by atoms with Gasteiger partial charge in [0.2, 0.25) is 5.91 Å². The van der Waals surface area contributed by atoms with Crippen molar-refractivity contribution in [3.05, 3.63) is 48.4 Å². The molecule has 0 saturated carbocycles. The van der Waals surface area contributed by atoms with Crippen molar-refractivity contribution in [1.29, 1.82) is 0 Å². The van der Waals surface area contributed by atoms with Crippen LogP contribution in [0.1, 0.15) is 36.0 Å². The third-order valence-corrected chi connectivity index (χ3v) is 5.54. The highest BCUT2D eigenvalue weighted by Gasteiger charge is 2.28. The van der Waals surface area contributed by atoms with Gasteiger partial charge >= 0.3 is 0 Å². The van der Waals surface area contributed by atoms with Gasteiger partial charge in [0.15, 0.2) is 0 Å². The number of piperidine rings is 1. The van der Waals surface area contributed by atoms with E-state index in [1.54, 1.807) is 18.6 Å². The minimum Gasteiger partial charge on any atom is -0.342 e. The van der Waals surface area contributed by atoms with Gasteiger partial charge in [-0.3, -0.25) is 19.6 Å². The third-order valence-electron chi connectivity index (χ3n) is 5.54. The molecule has 2 saturated heterocycles. The molecular weight excluding hydrogens is 340 g/mol. The van der Waals surface area contributed by atoms with Gasteiger partial charge in [0.05, 0.1) is 11.3 Å². The van der Waals surface area contributed by atoms with Crippen LogP contribution in [0.15, 0.2) is 42.9 Å². The summed E-state index contributed by atoms with van der Waals surface area (Å²) in [6, 6.07) is 7.54. The normalized spacial score (nSPS) is 18.1. The average Bonchev–Trinajstić information content (AvgIpc) is 3.13. The Labute approximate surface area is 159 Å². The summed E-state index contributed by atoms with van der Waals surface area (Å²) in [4.78, 5) is 36.9. The van der Waals surface area contributed by atoms with E-state index in [-0.39, 0.29) is 11.8 Å². The predicted molar refractivity (Wildman–Crippen MR) is 102 cm³/mol. The van der Waals surface area contributed by atoms with Gasteiger partial charge in [0.1, 0.15) is 0 Å². The Kier molecular flexibility index (Phi) is 5.14. The second-order valence-corrected chi connectivity index (χ2v) is 7.35. The maximum absolute atomic E-state index is 12.8. The van der Waals surface area contributed by atoms with E-state index in [0.29, 0.717) is 17.9 Å². The number of amides is 2. The molecular formula is C21H24N4O2. The van der Waals surface area contributed by atoms with Crippen molar-refractivity contribution in [1.82, 2.24) is 19.8 Å². The van der Waals surface area contributed by atoms with Crippen molar-refractivity contribution >= 4 is 11.8 Å². The Balaban J connectivity index is 1.33. The SMILES string of the molecule is O=C1CCCN1CC1CCN(C(=O)c2ccc(-c3ccncc3)nc2)CC1. The van der Waals surface area contributed by atoms with Crippen molar-refractivity contribution in [3.8, 4) is 11.3 Å². The van der Waals surface area contributed by atoms with E-state index in [1.807, 2.05) is 34.1 Å². The number of carbonyl (C=O) groups excluding carboxylic acids is 2. The Hall–Kier alpha value is -2.76. The molecule has 0 aliphatic carbocycles. The molecule has 0 atom stereocenters. The van der Waals surface area contributed by atoms with Crippen LogP contribution in [0, 0.1) is 5.92 Å². The van der Waals surface area contributed by atoms with Gasteiger partial charge in [0, 0.05) is 56.8 Å². The van der Waals surface area contributed by atoms with E-state index in [1.165, 1.54) is 0 Å². The molecule has 0 unspecified atom stereocenters. The number of rotatable bonds is 4. The van der Waals surface area contributed by atoms with Gasteiger partial charge in [-0.1, -0.05) is 0 Å². The summed E-state index contributed by atoms with van der Waals surface area (Å²) in [6.07, 6.45) is 8.72. The van der Waals surface area contributed by atoms with E-state index in [4.69, 9.17) is 0 Å². The zero-order valence-corrected chi connectivity index (χ0v) is 15.4. The predicted octanol–water partition coefficient (Wildman–Crippen LogP) is 2.62. The molecule has 0 aromatic carbocycles. The topological polar surface area (TPSA) is 66.4 Å². The first kappa shape index (κ1) is 17.6. The van der Waals surface area contributed by atoms with E-state index < -0.39 is 0 Å². The van der Waals surface area contributed by atoms with Crippen LogP contribution in [0.2, 0.25) is 0 Å². The lowest BCUT2D eigenvalue weighted by atomic mass is 9.96. The molecule has 140 valence electrons. The largest absolute Gasteiger partial charge is 0.342 e. The third kappa shape index (κ3) is 3.99. The second-order valence-electron chi connectivity index (χ2n) is 7.35. The second kappa shape index (κ2) is 7.86. The fourth-order valence-electron chi connectivity index (χ4n) is 3.92. The summed E-state index contributed by atoms with van der Waals surface area (Å²) in [5.74, 6) is 0.830. The summed E-state index contributed by atoms with van der Waals surface area (Å²) in [7, 11) is 0. The van der Waals surface area contributed by atoms with E-state index in [0.717, 1.165) is 56.7 Å². The van der Waals surface area contributed by atoms with Crippen LogP contribution in [-0.2, 0) is 4.79 Å². The van der Waals surface area contributed by atoms with Crippen molar-refractivity contribution in [2.75, 3.05) is 26.2 Å². The van der Waals surface area contributed by atoms with E-state index in [9.17, 15) is 9.59 Å². The Morgan fingerprint density at radius 1 is 1.07 bits per heavy atom. The molecule has 0 bridgehead atoms. The van der Waals surface area contributed by atoms with Crippen LogP contribution in [0.25, 0.3) is 11.3 Å². The molecule has 2 aromatic heterocycles. The van der Waals surface area contributed by atoms with Crippen molar-refractivity contribution in [3.63, 3.8) is 0 Å². The maximum atomic E-state index is 12.8. The van der Waals surface area contributed by atoms with Gasteiger partial charge < -0.3 is 9.80 Å². The molecule has 4 rings (SSSR count). The molecule has 27 heavy (non-hydrogen) atoms. The maximum Gasteiger partial charge on any atom is 0.255 e. The smallest absolute Gasteiger partial charge is 0.255 e. The lowest BCUT2D eigenvalue weighted by molar-refractivity contribution is -0.128. The monoisotopic (exact) mass is 364 g/mol. The minimum atomic E-state index is 0.0412. The lowest BCUT2D eigenvalue weighted by Gasteiger charge is -2.34. The van der Waals surface area contributed by atoms with Crippen molar-refractivity contribution in [2.45, 2.75) is 25.7 Å². The summed E-state index contributed by atoms with van der Waals surface area (Å²) < 4.78 is 0. The zero-order chi connectivity index (χ0) is 18.6. The Morgan fingerprint density at radius 3 is 2.48 bits per heavy atom. The summed E-state index contributed by atoms with van der Waals surface area (Å²) >= 11 is 0. The van der Waals surface area contributed by atoms with E-state index in [2.05, 4.69) is 9.97 Å². The number of aromatic nitrogens is 2. The number of pyridine rings is 2. The molecule has 6 heteroatoms. The van der Waals surface area contributed by atoms with Crippen LogP contribution in [0.3, 0.4) is 0 Å². The van der Waals surface area contributed by atoms with Crippen LogP contribution in [0.5, 0.6) is 0 Å². The number of carbonyl (C=O) groups is 2. The summed E-state index contributed by atoms with van der Waals surface area (Å²) in [5, 5.41) is 0. The molecule has 0 N–H and O–H groups in total. The molecule has 0 radical (unpaired) electrons. The highest BCUT2D eigenvalue weighted by atomic mass is 16.2. The molecule has 2 fully saturated rings. The number of nitrogens with zero attached hydrogens (tertiary/aromatic N) is 4. The van der Waals surface area contributed by atoms with Gasteiger partial charge in [-0.15, -0.1) is 0 Å². The fourth-order valence-corrected chi connectivity index (χ4v) is 3.92. The zero-order valence-electron chi connectivity index (χ0n) is 15.4. The standard InChI is InChI=1S/C21H24N4O2/c26-20-2-1-11-25(20)15-16-7-12-24(13-8-16)21(27)18-3-4-19(23-14-18)17-5-9-22-10-6-17/h3-6,9-10,14,16H,1-2,7-8,11-13,15H2. The fraction of sp³-hybridized carbons (Fsp3) is 0.429. The summed E-state index contributed by atoms with van der Waals surface area (Å²) in [5.41, 5.74) is 2.45. The molecule has 0 spiro atoms. The highest BCUT2D eigenvalue weighted by Crippen LogP contribution is 2.23. The van der Waals surface area contributed by atoms with Gasteiger partial charge in [0.25, 0.3) is 5.91 Å². The molecule has 4 heterocycles. The van der Waals surface area contributed by atoms with Gasteiger partial charge in [-0.05, 0) is 49.4 Å². The molecule has 2 amide bonds. The van der Waals surface area contributed by atoms with Crippen LogP contribution < -0.4 is 0 Å². The highest BCUT2D eigenvalue weighted by molar-refractivity contribution is 5.94. The molecule has 2 aliphatic heterocycles.